The van der Waals surface area contributed by atoms with Crippen LogP contribution in [0, 0.1) is 0 Å². The maximum Gasteiger partial charge on any atom is 0.253 e. The van der Waals surface area contributed by atoms with Crippen LogP contribution in [-0.4, -0.2) is 117 Å². The summed E-state index contributed by atoms with van der Waals surface area (Å²) in [5.41, 5.74) is 9.21. The molecule has 9 rings (SSSR count). The summed E-state index contributed by atoms with van der Waals surface area (Å²) in [6.45, 7) is 4.39. The van der Waals surface area contributed by atoms with E-state index in [0.29, 0.717) is 11.1 Å². The van der Waals surface area contributed by atoms with Gasteiger partial charge >= 0.3 is 0 Å². The quantitative estimate of drug-likeness (QED) is 0.163. The fourth-order valence-corrected chi connectivity index (χ4v) is 9.78. The number of nitrogens with zero attached hydrogens (tertiary/aromatic N) is 3. The number of likely N-dealkylation sites (N-methyl/N-ethyl adjacent to an activating group) is 1. The van der Waals surface area contributed by atoms with Gasteiger partial charge in [-0.2, -0.15) is 0 Å². The van der Waals surface area contributed by atoms with Gasteiger partial charge in [0.15, 0.2) is 17.8 Å². The van der Waals surface area contributed by atoms with E-state index in [-0.39, 0.29) is 18.1 Å². The number of hydrogen-bond donors (Lipinski definition) is 5. The molecule has 2 saturated heterocycles. The van der Waals surface area contributed by atoms with Crippen LogP contribution in [0.1, 0.15) is 55.4 Å². The molecule has 4 aliphatic heterocycles. The Kier molecular flexibility index (Phi) is 8.02. The first-order valence-electron chi connectivity index (χ1n) is 18.2. The molecule has 54 heavy (non-hydrogen) atoms. The molecule has 15 nitrogen and oxygen atoms in total. The zero-order valence-electron chi connectivity index (χ0n) is 30.4. The van der Waals surface area contributed by atoms with Crippen LogP contribution in [0.25, 0.3) is 43.6 Å². The van der Waals surface area contributed by atoms with E-state index >= 15 is 0 Å². The molecule has 2 bridgehead atoms. The first-order chi connectivity index (χ1) is 25.8. The average molecular weight is 742 g/mol. The number of nitrogens with two attached hydrogens (primary N) is 1. The number of carbonyl (C=O) groups is 3. The molecule has 2 unspecified atom stereocenters. The number of ketones is 1. The maximum absolute atomic E-state index is 14.4. The zero-order chi connectivity index (χ0) is 38.1. The smallest absolute Gasteiger partial charge is 0.253 e. The van der Waals surface area contributed by atoms with E-state index in [1.807, 2.05) is 55.5 Å². The second-order valence-electron chi connectivity index (χ2n) is 15.1. The number of carbonyl (C=O) groups excluding carboxylic acids is 3. The number of amides is 2. The Hall–Kier alpha value is -4.45. The number of nitrogens with one attached hydrogen (secondary N) is 1. The fraction of sp³-hybridized carbons (Fsp3) is 0.462. The number of methoxy groups -OCH3 is 1. The molecule has 2 aromatic heterocycles. The minimum Gasteiger partial charge on any atom is -0.394 e. The number of fused-ring (bicyclic) bond motifs is 13. The van der Waals surface area contributed by atoms with E-state index in [1.54, 1.807) is 26.0 Å². The molecule has 2 amide bonds. The van der Waals surface area contributed by atoms with Crippen LogP contribution in [-0.2, 0) is 34.3 Å². The van der Waals surface area contributed by atoms with Gasteiger partial charge < -0.3 is 59.4 Å². The Morgan fingerprint density at radius 3 is 2.43 bits per heavy atom. The highest BCUT2D eigenvalue weighted by atomic mass is 16.6. The van der Waals surface area contributed by atoms with Crippen LogP contribution in [0.15, 0.2) is 48.5 Å². The molecule has 0 spiro atoms. The third-order valence-corrected chi connectivity index (χ3v) is 12.2. The van der Waals surface area contributed by atoms with Crippen molar-refractivity contribution in [1.82, 2.24) is 19.4 Å². The molecular weight excluding hydrogens is 698 g/mol. The van der Waals surface area contributed by atoms with Gasteiger partial charge in [0.05, 0.1) is 46.3 Å². The van der Waals surface area contributed by atoms with Crippen molar-refractivity contribution in [2.75, 3.05) is 20.8 Å². The largest absolute Gasteiger partial charge is 0.394 e. The Bertz CT molecular complexity index is 2410. The molecule has 3 aromatic carbocycles. The van der Waals surface area contributed by atoms with E-state index in [4.69, 9.17) is 24.7 Å². The third kappa shape index (κ3) is 4.55. The summed E-state index contributed by atoms with van der Waals surface area (Å²) < 4.78 is 29.1. The van der Waals surface area contributed by atoms with Crippen molar-refractivity contribution in [3.8, 4) is 0 Å². The third-order valence-electron chi connectivity index (χ3n) is 12.2. The molecule has 0 aliphatic carbocycles. The van der Waals surface area contributed by atoms with Crippen molar-refractivity contribution in [2.24, 2.45) is 5.73 Å². The summed E-state index contributed by atoms with van der Waals surface area (Å²) in [6.07, 6.45) is -7.54. The number of aromatic nitrogens is 2. The lowest BCUT2D eigenvalue weighted by molar-refractivity contribution is -0.270. The SMILES string of the molecule is CO[C@H]1[C@@H](N(C)C(=O)C(C)O[C@@H]2[C@@H](N)[C@@H](O)O[C@H](CO)[C@H]2O)C[C@@H]2O[C@@]1(C)n1c3ccccc3c3c4c(c5c6ccccc6n2c5c31)C(=O)NC4C(C)=O. The first kappa shape index (κ1) is 35.3. The standard InChI is InChI=1S/C39H43N5O10/c1-16(46)30-27-25-19-11-7-9-13-21(19)44-32(25)31-26(28(27)36(48)41-30)18-10-6-8-12-20(18)43(31)24-14-22(35(51-5)39(44,3)54-24)42(4)37(49)17(2)52-34-29(40)38(50)53-23(15-45)33(34)47/h6-13,17,22-24,29-30,33-35,38,45,47,50H,14-15,40H2,1-5H3,(H,41,48)/t17?,22-,23+,24-,29+,30?,33+,34+,35-,38-,39+/m0/s1. The number of para-hydroxylation sites is 2. The Morgan fingerprint density at radius 1 is 1.09 bits per heavy atom. The predicted molar refractivity (Wildman–Crippen MR) is 195 cm³/mol. The summed E-state index contributed by atoms with van der Waals surface area (Å²) in [7, 11) is 3.25. The van der Waals surface area contributed by atoms with Crippen molar-refractivity contribution in [3.63, 3.8) is 0 Å². The normalized spacial score (nSPS) is 32.3. The summed E-state index contributed by atoms with van der Waals surface area (Å²) in [5, 5.41) is 37.1. The van der Waals surface area contributed by atoms with Crippen LogP contribution in [0.4, 0.5) is 0 Å². The van der Waals surface area contributed by atoms with E-state index < -0.39 is 79.4 Å². The topological polar surface area (TPSA) is 200 Å². The zero-order valence-corrected chi connectivity index (χ0v) is 30.4. The lowest BCUT2D eigenvalue weighted by atomic mass is 9.91. The maximum atomic E-state index is 14.4. The number of aliphatic hydroxyl groups excluding tert-OH is 3. The van der Waals surface area contributed by atoms with Crippen LogP contribution in [0.5, 0.6) is 0 Å². The van der Waals surface area contributed by atoms with E-state index in [9.17, 15) is 29.7 Å². The van der Waals surface area contributed by atoms with E-state index in [1.165, 1.54) is 6.92 Å². The predicted octanol–water partition coefficient (Wildman–Crippen LogP) is 1.89. The number of benzene rings is 3. The van der Waals surface area contributed by atoms with Gasteiger partial charge in [0.25, 0.3) is 11.8 Å². The highest BCUT2D eigenvalue weighted by molar-refractivity contribution is 6.32. The molecule has 0 radical (unpaired) electrons. The molecule has 5 aromatic rings. The molecule has 15 heteroatoms. The number of hydrogen-bond acceptors (Lipinski definition) is 11. The van der Waals surface area contributed by atoms with Crippen molar-refractivity contribution in [1.29, 1.82) is 0 Å². The number of rotatable bonds is 7. The van der Waals surface area contributed by atoms with Crippen LogP contribution in [0.3, 0.4) is 0 Å². The van der Waals surface area contributed by atoms with Crippen LogP contribution in [0.2, 0.25) is 0 Å². The number of Topliss-reactive ketones (excluding diaryl/α,β-unsaturated/α-hetero) is 1. The molecule has 0 saturated carbocycles. The van der Waals surface area contributed by atoms with Gasteiger partial charge in [0, 0.05) is 47.7 Å². The molecule has 6 N–H and O–H groups in total. The van der Waals surface area contributed by atoms with E-state index in [0.717, 1.165) is 43.6 Å². The van der Waals surface area contributed by atoms with E-state index in [2.05, 4.69) is 14.5 Å². The fourth-order valence-electron chi connectivity index (χ4n) is 9.78. The first-order valence-corrected chi connectivity index (χ1v) is 18.2. The summed E-state index contributed by atoms with van der Waals surface area (Å²) in [6, 6.07) is 13.0. The average Bonchev–Trinajstić information content (AvgIpc) is 3.79. The second-order valence-corrected chi connectivity index (χ2v) is 15.1. The molecule has 6 heterocycles. The van der Waals surface area contributed by atoms with Gasteiger partial charge in [-0.3, -0.25) is 14.4 Å². The van der Waals surface area contributed by atoms with Gasteiger partial charge in [-0.1, -0.05) is 36.4 Å². The van der Waals surface area contributed by atoms with Gasteiger partial charge in [0.2, 0.25) is 0 Å². The Balaban J connectivity index is 1.24. The second kappa shape index (κ2) is 12.3. The molecule has 11 atom stereocenters. The van der Waals surface area contributed by atoms with Crippen LogP contribution >= 0.6 is 0 Å². The summed E-state index contributed by atoms with van der Waals surface area (Å²) in [5.74, 6) is -0.931. The lowest BCUT2D eigenvalue weighted by Gasteiger charge is -2.51. The van der Waals surface area contributed by atoms with Crippen molar-refractivity contribution < 1.29 is 48.7 Å². The number of aliphatic hydroxyl groups is 3. The van der Waals surface area contributed by atoms with Gasteiger partial charge in [-0.05, 0) is 32.9 Å². The van der Waals surface area contributed by atoms with Gasteiger partial charge in [-0.15, -0.1) is 0 Å². The van der Waals surface area contributed by atoms with Crippen molar-refractivity contribution in [2.45, 2.75) is 94.1 Å². The van der Waals surface area contributed by atoms with Gasteiger partial charge in [0.1, 0.15) is 42.8 Å². The minimum atomic E-state index is -1.52. The van der Waals surface area contributed by atoms with Crippen molar-refractivity contribution >= 4 is 61.2 Å². The Labute approximate surface area is 309 Å². The summed E-state index contributed by atoms with van der Waals surface area (Å²) >= 11 is 0. The number of ether oxygens (including phenoxy) is 4. The highest BCUT2D eigenvalue weighted by Crippen LogP contribution is 2.55. The monoisotopic (exact) mass is 741 g/mol. The van der Waals surface area contributed by atoms with Gasteiger partial charge in [-0.25, -0.2) is 0 Å². The lowest BCUT2D eigenvalue weighted by Crippen LogP contribution is -2.65. The minimum absolute atomic E-state index is 0.179. The molecular formula is C39H43N5O10. The Morgan fingerprint density at radius 2 is 1.76 bits per heavy atom. The summed E-state index contributed by atoms with van der Waals surface area (Å²) in [4.78, 5) is 43.2. The van der Waals surface area contributed by atoms with Crippen molar-refractivity contribution in [3.05, 3.63) is 59.7 Å². The molecule has 284 valence electrons. The molecule has 2 fully saturated rings. The molecule has 4 aliphatic rings. The van der Waals surface area contributed by atoms with Crippen LogP contribution < -0.4 is 11.1 Å². The highest BCUT2D eigenvalue weighted by Gasteiger charge is 2.56.